The first kappa shape index (κ1) is 16.5. The van der Waals surface area contributed by atoms with Gasteiger partial charge in [0, 0.05) is 32.2 Å². The molecule has 2 unspecified atom stereocenters. The van der Waals surface area contributed by atoms with Crippen LogP contribution in [0.2, 0.25) is 0 Å². The highest BCUT2D eigenvalue weighted by Gasteiger charge is 2.23. The van der Waals surface area contributed by atoms with Gasteiger partial charge < -0.3 is 5.32 Å². The minimum Gasteiger partial charge on any atom is -0.311 e. The second-order valence-electron chi connectivity index (χ2n) is 7.63. The van der Waals surface area contributed by atoms with Crippen LogP contribution in [0, 0.1) is 5.92 Å². The molecule has 1 N–H and O–H groups in total. The van der Waals surface area contributed by atoms with Gasteiger partial charge in [0.2, 0.25) is 0 Å². The summed E-state index contributed by atoms with van der Waals surface area (Å²) in [6.45, 7) is 16.0. The van der Waals surface area contributed by atoms with E-state index in [-0.39, 0.29) is 5.41 Å². The van der Waals surface area contributed by atoms with E-state index in [1.807, 2.05) is 0 Å². The van der Waals surface area contributed by atoms with E-state index in [0.29, 0.717) is 6.04 Å². The summed E-state index contributed by atoms with van der Waals surface area (Å²) in [5.41, 5.74) is 3.10. The van der Waals surface area contributed by atoms with Crippen molar-refractivity contribution >= 4 is 0 Å². The molecule has 0 radical (unpaired) electrons. The van der Waals surface area contributed by atoms with Crippen molar-refractivity contribution < 1.29 is 0 Å². The van der Waals surface area contributed by atoms with Crippen molar-refractivity contribution in [3.8, 4) is 0 Å². The Morgan fingerprint density at radius 1 is 1.24 bits per heavy atom. The Bertz CT molecular complexity index is 430. The molecule has 2 nitrogen and oxygen atoms in total. The second kappa shape index (κ2) is 6.93. The molecular formula is C19H32N2. The number of rotatable bonds is 4. The fourth-order valence-electron chi connectivity index (χ4n) is 3.02. The van der Waals surface area contributed by atoms with Crippen LogP contribution in [0.25, 0.3) is 0 Å². The minimum absolute atomic E-state index is 0.245. The summed E-state index contributed by atoms with van der Waals surface area (Å²) in [5, 5.41) is 3.67. The molecule has 0 aromatic heterocycles. The molecule has 2 heteroatoms. The number of hydrogen-bond acceptors (Lipinski definition) is 2. The molecule has 1 aromatic carbocycles. The maximum absolute atomic E-state index is 3.67. The first-order valence-electron chi connectivity index (χ1n) is 8.45. The van der Waals surface area contributed by atoms with Crippen LogP contribution in [0.3, 0.4) is 0 Å². The SMILES string of the molecule is CCC(C)C1CN(Cc2ccc(C(C)(C)C)cc2)CCN1. The highest BCUT2D eigenvalue weighted by molar-refractivity contribution is 5.27. The van der Waals surface area contributed by atoms with E-state index in [1.54, 1.807) is 0 Å². The van der Waals surface area contributed by atoms with Crippen LogP contribution in [0.4, 0.5) is 0 Å². The highest BCUT2D eigenvalue weighted by atomic mass is 15.2. The average Bonchev–Trinajstić information content (AvgIpc) is 2.46. The zero-order chi connectivity index (χ0) is 15.5. The molecule has 2 rings (SSSR count). The van der Waals surface area contributed by atoms with E-state index in [4.69, 9.17) is 0 Å². The lowest BCUT2D eigenvalue weighted by molar-refractivity contribution is 0.162. The topological polar surface area (TPSA) is 15.3 Å². The van der Waals surface area contributed by atoms with Crippen molar-refractivity contribution in [1.29, 1.82) is 0 Å². The molecule has 118 valence electrons. The van der Waals surface area contributed by atoms with Crippen LogP contribution >= 0.6 is 0 Å². The van der Waals surface area contributed by atoms with Crippen LogP contribution in [0.1, 0.15) is 52.2 Å². The lowest BCUT2D eigenvalue weighted by atomic mass is 9.86. The molecule has 0 amide bonds. The predicted octanol–water partition coefficient (Wildman–Crippen LogP) is 3.80. The molecular weight excluding hydrogens is 256 g/mol. The summed E-state index contributed by atoms with van der Waals surface area (Å²) in [6, 6.07) is 9.85. The number of benzene rings is 1. The van der Waals surface area contributed by atoms with E-state index in [1.165, 1.54) is 24.1 Å². The third-order valence-electron chi connectivity index (χ3n) is 4.85. The molecule has 1 fully saturated rings. The largest absolute Gasteiger partial charge is 0.311 e. The Hall–Kier alpha value is -0.860. The van der Waals surface area contributed by atoms with Gasteiger partial charge in [-0.25, -0.2) is 0 Å². The van der Waals surface area contributed by atoms with Crippen LogP contribution in [-0.2, 0) is 12.0 Å². The number of nitrogens with zero attached hydrogens (tertiary/aromatic N) is 1. The van der Waals surface area contributed by atoms with Crippen molar-refractivity contribution in [2.45, 2.75) is 59.0 Å². The summed E-state index contributed by atoms with van der Waals surface area (Å²) in [7, 11) is 0. The smallest absolute Gasteiger partial charge is 0.0234 e. The van der Waals surface area contributed by atoms with Crippen LogP contribution < -0.4 is 5.32 Å². The quantitative estimate of drug-likeness (QED) is 0.906. The van der Waals surface area contributed by atoms with Gasteiger partial charge in [-0.05, 0) is 22.5 Å². The summed E-state index contributed by atoms with van der Waals surface area (Å²) < 4.78 is 0. The summed E-state index contributed by atoms with van der Waals surface area (Å²) in [5.74, 6) is 0.760. The summed E-state index contributed by atoms with van der Waals surface area (Å²) in [4.78, 5) is 2.60. The maximum Gasteiger partial charge on any atom is 0.0234 e. The Morgan fingerprint density at radius 2 is 1.90 bits per heavy atom. The molecule has 2 atom stereocenters. The zero-order valence-corrected chi connectivity index (χ0v) is 14.4. The molecule has 1 saturated heterocycles. The van der Waals surface area contributed by atoms with Crippen molar-refractivity contribution in [1.82, 2.24) is 10.2 Å². The Morgan fingerprint density at radius 3 is 2.48 bits per heavy atom. The second-order valence-corrected chi connectivity index (χ2v) is 7.63. The van der Waals surface area contributed by atoms with Crippen LogP contribution in [0.5, 0.6) is 0 Å². The fraction of sp³-hybridized carbons (Fsp3) is 0.684. The first-order chi connectivity index (χ1) is 9.90. The zero-order valence-electron chi connectivity index (χ0n) is 14.4. The molecule has 1 aromatic rings. The Kier molecular flexibility index (Phi) is 5.45. The number of piperazine rings is 1. The molecule has 1 aliphatic rings. The van der Waals surface area contributed by atoms with Gasteiger partial charge in [0.05, 0.1) is 0 Å². The highest BCUT2D eigenvalue weighted by Crippen LogP contribution is 2.23. The van der Waals surface area contributed by atoms with E-state index in [9.17, 15) is 0 Å². The first-order valence-corrected chi connectivity index (χ1v) is 8.45. The van der Waals surface area contributed by atoms with Gasteiger partial charge in [0.25, 0.3) is 0 Å². The van der Waals surface area contributed by atoms with Crippen molar-refractivity contribution in [3.05, 3.63) is 35.4 Å². The van der Waals surface area contributed by atoms with Gasteiger partial charge in [0.1, 0.15) is 0 Å². The summed E-state index contributed by atoms with van der Waals surface area (Å²) >= 11 is 0. The van der Waals surface area contributed by atoms with Crippen LogP contribution in [0.15, 0.2) is 24.3 Å². The van der Waals surface area contributed by atoms with Gasteiger partial charge >= 0.3 is 0 Å². The number of nitrogens with one attached hydrogen (secondary N) is 1. The van der Waals surface area contributed by atoms with E-state index in [2.05, 4.69) is 69.1 Å². The molecule has 0 bridgehead atoms. The minimum atomic E-state index is 0.245. The lowest BCUT2D eigenvalue weighted by Crippen LogP contribution is -2.52. The van der Waals surface area contributed by atoms with Crippen molar-refractivity contribution in [2.75, 3.05) is 19.6 Å². The van der Waals surface area contributed by atoms with E-state index >= 15 is 0 Å². The maximum atomic E-state index is 3.67. The van der Waals surface area contributed by atoms with E-state index in [0.717, 1.165) is 25.6 Å². The Labute approximate surface area is 130 Å². The molecule has 0 saturated carbocycles. The Balaban J connectivity index is 1.95. The summed E-state index contributed by atoms with van der Waals surface area (Å²) in [6.07, 6.45) is 1.26. The molecule has 21 heavy (non-hydrogen) atoms. The third kappa shape index (κ3) is 4.55. The standard InChI is InChI=1S/C19H32N2/c1-6-15(2)18-14-21(12-11-20-18)13-16-7-9-17(10-8-16)19(3,4)5/h7-10,15,18,20H,6,11-14H2,1-5H3. The van der Waals surface area contributed by atoms with E-state index < -0.39 is 0 Å². The van der Waals surface area contributed by atoms with Gasteiger partial charge in [-0.2, -0.15) is 0 Å². The molecule has 0 aliphatic carbocycles. The predicted molar refractivity (Wildman–Crippen MR) is 91.7 cm³/mol. The van der Waals surface area contributed by atoms with Gasteiger partial charge in [-0.3, -0.25) is 4.90 Å². The number of hydrogen-bond donors (Lipinski definition) is 1. The fourth-order valence-corrected chi connectivity index (χ4v) is 3.02. The van der Waals surface area contributed by atoms with Crippen molar-refractivity contribution in [2.24, 2.45) is 5.92 Å². The molecule has 0 spiro atoms. The van der Waals surface area contributed by atoms with Gasteiger partial charge in [-0.1, -0.05) is 65.3 Å². The van der Waals surface area contributed by atoms with Gasteiger partial charge in [0.15, 0.2) is 0 Å². The normalized spacial score (nSPS) is 22.2. The average molecular weight is 288 g/mol. The van der Waals surface area contributed by atoms with Gasteiger partial charge in [-0.15, -0.1) is 0 Å². The lowest BCUT2D eigenvalue weighted by Gasteiger charge is -2.36. The molecule has 1 heterocycles. The molecule has 1 aliphatic heterocycles. The monoisotopic (exact) mass is 288 g/mol. The van der Waals surface area contributed by atoms with Crippen LogP contribution in [-0.4, -0.2) is 30.6 Å². The van der Waals surface area contributed by atoms with Crippen molar-refractivity contribution in [3.63, 3.8) is 0 Å². The third-order valence-corrected chi connectivity index (χ3v) is 4.85.